The highest BCUT2D eigenvalue weighted by Gasteiger charge is 2.24. The lowest BCUT2D eigenvalue weighted by Crippen LogP contribution is -2.48. The molecule has 0 amide bonds. The summed E-state index contributed by atoms with van der Waals surface area (Å²) in [6.07, 6.45) is 18.9. The van der Waals surface area contributed by atoms with Gasteiger partial charge in [-0.25, -0.2) is 0 Å². The highest BCUT2D eigenvalue weighted by molar-refractivity contribution is 5.19. The first-order chi connectivity index (χ1) is 16.3. The fourth-order valence-corrected chi connectivity index (χ4v) is 4.83. The highest BCUT2D eigenvalue weighted by Crippen LogP contribution is 2.18. The van der Waals surface area contributed by atoms with Gasteiger partial charge in [0.15, 0.2) is 0 Å². The Kier molecular flexibility index (Phi) is 16.6. The Balaban J connectivity index is 1.52. The fourth-order valence-electron chi connectivity index (χ4n) is 4.83. The number of ether oxygens (including phenoxy) is 1. The van der Waals surface area contributed by atoms with Gasteiger partial charge in [-0.3, -0.25) is 4.90 Å². The Morgan fingerprint density at radius 2 is 1.30 bits per heavy atom. The van der Waals surface area contributed by atoms with E-state index in [1.807, 2.05) is 30.3 Å². The maximum absolute atomic E-state index is 11.0. The number of unbranched alkanes of at least 4 members (excludes halogenated alkanes) is 13. The van der Waals surface area contributed by atoms with Crippen molar-refractivity contribution in [1.29, 1.82) is 0 Å². The first-order valence-corrected chi connectivity index (χ1v) is 14.1. The summed E-state index contributed by atoms with van der Waals surface area (Å²) in [6.45, 7) is 7.66. The predicted molar refractivity (Wildman–Crippen MR) is 141 cm³/mol. The van der Waals surface area contributed by atoms with Gasteiger partial charge in [0.1, 0.15) is 0 Å². The molecule has 0 saturated carbocycles. The van der Waals surface area contributed by atoms with Crippen LogP contribution < -0.4 is 5.32 Å². The lowest BCUT2D eigenvalue weighted by molar-refractivity contribution is 0.0202. The second-order valence-electron chi connectivity index (χ2n) is 9.93. The second-order valence-corrected chi connectivity index (χ2v) is 9.93. The van der Waals surface area contributed by atoms with Crippen molar-refractivity contribution < 1.29 is 9.84 Å². The van der Waals surface area contributed by atoms with Gasteiger partial charge in [0.2, 0.25) is 0 Å². The van der Waals surface area contributed by atoms with Crippen molar-refractivity contribution in [2.45, 2.75) is 109 Å². The summed E-state index contributed by atoms with van der Waals surface area (Å²) in [4.78, 5) is 2.42. The molecule has 190 valence electrons. The van der Waals surface area contributed by atoms with Crippen molar-refractivity contribution >= 4 is 0 Å². The molecular formula is C29H52N2O2. The van der Waals surface area contributed by atoms with Crippen LogP contribution in [0.5, 0.6) is 0 Å². The molecule has 33 heavy (non-hydrogen) atoms. The molecule has 4 nitrogen and oxygen atoms in total. The van der Waals surface area contributed by atoms with E-state index < -0.39 is 6.10 Å². The molecule has 1 saturated heterocycles. The van der Waals surface area contributed by atoms with Crippen molar-refractivity contribution in [3.8, 4) is 0 Å². The Bertz CT molecular complexity index is 548. The topological polar surface area (TPSA) is 44.7 Å². The lowest BCUT2D eigenvalue weighted by atomic mass is 10.0. The Morgan fingerprint density at radius 1 is 0.788 bits per heavy atom. The molecule has 1 heterocycles. The minimum Gasteiger partial charge on any atom is -0.387 e. The van der Waals surface area contributed by atoms with Crippen molar-refractivity contribution in [3.05, 3.63) is 35.9 Å². The fraction of sp³-hybridized carbons (Fsp3) is 0.793. The number of hydrogen-bond donors (Lipinski definition) is 2. The van der Waals surface area contributed by atoms with Crippen LogP contribution in [0.3, 0.4) is 0 Å². The van der Waals surface area contributed by atoms with Crippen LogP contribution >= 0.6 is 0 Å². The van der Waals surface area contributed by atoms with Gasteiger partial charge in [-0.2, -0.15) is 0 Å². The molecule has 1 aliphatic heterocycles. The number of hydrogen-bond acceptors (Lipinski definition) is 4. The summed E-state index contributed by atoms with van der Waals surface area (Å²) in [5, 5.41) is 14.7. The van der Waals surface area contributed by atoms with E-state index in [4.69, 9.17) is 4.74 Å². The largest absolute Gasteiger partial charge is 0.387 e. The molecule has 0 bridgehead atoms. The summed E-state index contributed by atoms with van der Waals surface area (Å²) in [7, 11) is 0. The molecular weight excluding hydrogens is 408 g/mol. The van der Waals surface area contributed by atoms with Gasteiger partial charge < -0.3 is 15.2 Å². The Morgan fingerprint density at radius 3 is 1.85 bits per heavy atom. The number of aliphatic hydroxyl groups is 1. The zero-order valence-electron chi connectivity index (χ0n) is 21.5. The molecule has 1 aliphatic rings. The molecule has 0 aromatic heterocycles. The standard InChI is InChI=1S/C29H52N2O2/c1-2-3-4-5-6-7-8-9-10-11-12-13-14-18-21-30-28(26-31-22-24-33-25-23-31)29(32)27-19-16-15-17-20-27/h15-17,19-20,28-30,32H,2-14,18,21-26H2,1H3/t28-,29-/m1/s1. The van der Waals surface area contributed by atoms with E-state index in [0.29, 0.717) is 0 Å². The van der Waals surface area contributed by atoms with Gasteiger partial charge in [-0.05, 0) is 18.5 Å². The summed E-state index contributed by atoms with van der Waals surface area (Å²) in [6, 6.07) is 10.2. The average molecular weight is 461 g/mol. The van der Waals surface area contributed by atoms with Crippen LogP contribution in [0.1, 0.15) is 108 Å². The molecule has 2 rings (SSSR count). The second kappa shape index (κ2) is 19.4. The van der Waals surface area contributed by atoms with Crippen LogP contribution in [0.2, 0.25) is 0 Å². The average Bonchev–Trinajstić information content (AvgIpc) is 2.86. The predicted octanol–water partition coefficient (Wildman–Crippen LogP) is 6.49. The van der Waals surface area contributed by atoms with Crippen LogP contribution in [-0.2, 0) is 4.74 Å². The van der Waals surface area contributed by atoms with E-state index in [2.05, 4.69) is 17.1 Å². The lowest BCUT2D eigenvalue weighted by Gasteiger charge is -2.33. The summed E-state index contributed by atoms with van der Waals surface area (Å²) in [5.41, 5.74) is 1.00. The van der Waals surface area contributed by atoms with E-state index in [-0.39, 0.29) is 6.04 Å². The van der Waals surface area contributed by atoms with E-state index >= 15 is 0 Å². The van der Waals surface area contributed by atoms with Crippen molar-refractivity contribution in [1.82, 2.24) is 10.2 Å². The molecule has 0 unspecified atom stereocenters. The maximum Gasteiger partial charge on any atom is 0.0955 e. The quantitative estimate of drug-likeness (QED) is 0.218. The zero-order chi connectivity index (χ0) is 23.4. The van der Waals surface area contributed by atoms with Crippen LogP contribution in [0.15, 0.2) is 30.3 Å². The van der Waals surface area contributed by atoms with Gasteiger partial charge >= 0.3 is 0 Å². The molecule has 1 aromatic rings. The van der Waals surface area contributed by atoms with E-state index in [9.17, 15) is 5.11 Å². The third kappa shape index (κ3) is 13.5. The summed E-state index contributed by atoms with van der Waals surface area (Å²) >= 11 is 0. The monoisotopic (exact) mass is 460 g/mol. The first-order valence-electron chi connectivity index (χ1n) is 14.1. The maximum atomic E-state index is 11.0. The minimum absolute atomic E-state index is 0.0625. The minimum atomic E-state index is -0.472. The molecule has 4 heteroatoms. The van der Waals surface area contributed by atoms with E-state index in [1.54, 1.807) is 0 Å². The van der Waals surface area contributed by atoms with Crippen LogP contribution in [0.4, 0.5) is 0 Å². The van der Waals surface area contributed by atoms with Crippen molar-refractivity contribution in [2.24, 2.45) is 0 Å². The van der Waals surface area contributed by atoms with Crippen molar-refractivity contribution in [3.63, 3.8) is 0 Å². The van der Waals surface area contributed by atoms with Gasteiger partial charge in [0.05, 0.1) is 19.3 Å². The Labute approximate surface area is 204 Å². The number of morpholine rings is 1. The summed E-state index contributed by atoms with van der Waals surface area (Å²) < 4.78 is 5.49. The smallest absolute Gasteiger partial charge is 0.0955 e. The van der Waals surface area contributed by atoms with Crippen LogP contribution in [0.25, 0.3) is 0 Å². The molecule has 1 aromatic carbocycles. The first kappa shape index (κ1) is 28.3. The molecule has 2 atom stereocenters. The number of aliphatic hydroxyl groups excluding tert-OH is 1. The van der Waals surface area contributed by atoms with Crippen LogP contribution in [0, 0.1) is 0 Å². The normalized spacial score (nSPS) is 16.7. The van der Waals surface area contributed by atoms with Gasteiger partial charge in [-0.1, -0.05) is 121 Å². The van der Waals surface area contributed by atoms with Crippen LogP contribution in [-0.4, -0.2) is 55.4 Å². The van der Waals surface area contributed by atoms with E-state index in [1.165, 1.54) is 89.9 Å². The number of rotatable bonds is 20. The third-order valence-corrected chi connectivity index (χ3v) is 7.02. The molecule has 0 radical (unpaired) electrons. The van der Waals surface area contributed by atoms with Gasteiger partial charge in [-0.15, -0.1) is 0 Å². The number of nitrogens with zero attached hydrogens (tertiary/aromatic N) is 1. The third-order valence-electron chi connectivity index (χ3n) is 7.02. The number of benzene rings is 1. The Hall–Kier alpha value is -0.940. The highest BCUT2D eigenvalue weighted by atomic mass is 16.5. The van der Waals surface area contributed by atoms with Gasteiger partial charge in [0, 0.05) is 25.7 Å². The molecule has 0 aliphatic carbocycles. The SMILES string of the molecule is CCCCCCCCCCCCCCCCN[C@H](CN1CCOCC1)[C@H](O)c1ccccc1. The van der Waals surface area contributed by atoms with Gasteiger partial charge in [0.25, 0.3) is 0 Å². The zero-order valence-corrected chi connectivity index (χ0v) is 21.5. The molecule has 2 N–H and O–H groups in total. The summed E-state index contributed by atoms with van der Waals surface area (Å²) in [5.74, 6) is 0. The van der Waals surface area contributed by atoms with E-state index in [0.717, 1.165) is 45.0 Å². The van der Waals surface area contributed by atoms with Crippen molar-refractivity contribution in [2.75, 3.05) is 39.4 Å². The number of nitrogens with one attached hydrogen (secondary N) is 1. The molecule has 1 fully saturated rings. The molecule has 0 spiro atoms.